The lowest BCUT2D eigenvalue weighted by molar-refractivity contribution is -0.00835. The van der Waals surface area contributed by atoms with Gasteiger partial charge < -0.3 is 0 Å². The van der Waals surface area contributed by atoms with Crippen molar-refractivity contribution < 1.29 is 25.3 Å². The predicted octanol–water partition coefficient (Wildman–Crippen LogP) is 17.0. The number of benzene rings is 3. The first-order valence-corrected chi connectivity index (χ1v) is 35.4. The zero-order valence-electron chi connectivity index (χ0n) is 52.3. The molecule has 0 atom stereocenters. The van der Waals surface area contributed by atoms with Gasteiger partial charge >= 0.3 is 0 Å². The minimum atomic E-state index is -3.37. The van der Waals surface area contributed by atoms with Crippen LogP contribution in [0.15, 0.2) is 106 Å². The lowest BCUT2D eigenvalue weighted by atomic mass is 9.53. The summed E-state index contributed by atoms with van der Waals surface area (Å²) in [5.41, 5.74) is 1.05. The van der Waals surface area contributed by atoms with Gasteiger partial charge in [-0.15, -0.1) is 0 Å². The van der Waals surface area contributed by atoms with Crippen LogP contribution in [0.3, 0.4) is 0 Å². The average Bonchev–Trinajstić information content (AvgIpc) is 3.30. The van der Waals surface area contributed by atoms with E-state index in [-0.39, 0.29) is 16.6 Å². The van der Waals surface area contributed by atoms with Gasteiger partial charge in [-0.1, -0.05) is 165 Å². The predicted molar refractivity (Wildman–Crippen MR) is 331 cm³/mol. The van der Waals surface area contributed by atoms with Crippen molar-refractivity contribution in [1.29, 1.82) is 0 Å². The molecule has 0 heterocycles. The highest BCUT2D eigenvalue weighted by Crippen LogP contribution is 2.58. The molecule has 12 aliphatic rings. The minimum absolute atomic E-state index is 0.149. The van der Waals surface area contributed by atoms with Gasteiger partial charge in [0.15, 0.2) is 0 Å². The van der Waals surface area contributed by atoms with Crippen LogP contribution in [0.1, 0.15) is 226 Å². The van der Waals surface area contributed by atoms with E-state index < -0.39 is 30.1 Å². The van der Waals surface area contributed by atoms with Crippen LogP contribution in [-0.2, 0) is 30.1 Å². The van der Waals surface area contributed by atoms with Gasteiger partial charge in [0.05, 0.1) is 14.7 Å². The smallest absolute Gasteiger partial charge is 0.207 e. The lowest BCUT2D eigenvalue weighted by Gasteiger charge is -2.56. The van der Waals surface area contributed by atoms with Gasteiger partial charge in [-0.05, 0) is 221 Å². The Labute approximate surface area is 484 Å². The van der Waals surface area contributed by atoms with Gasteiger partial charge in [0.1, 0.15) is 0 Å². The molecule has 0 radical (unpaired) electrons. The van der Waals surface area contributed by atoms with Crippen molar-refractivity contribution in [2.24, 2.45) is 69.5 Å². The van der Waals surface area contributed by atoms with E-state index >= 15 is 0 Å². The molecule has 3 aromatic rings. The van der Waals surface area contributed by atoms with E-state index in [2.05, 4.69) is 97.3 Å². The van der Waals surface area contributed by atoms with E-state index in [1.165, 1.54) is 57.8 Å². The van der Waals surface area contributed by atoms with Gasteiger partial charge in [0.2, 0.25) is 30.1 Å². The molecule has 12 aliphatic carbocycles. The molecular weight excluding hydrogens is 1040 g/mol. The highest BCUT2D eigenvalue weighted by atomic mass is 32.2. The molecule has 79 heavy (non-hydrogen) atoms. The fourth-order valence-electron chi connectivity index (χ4n) is 15.5. The third-order valence-electron chi connectivity index (χ3n) is 16.3. The number of hydrogen-bond donors (Lipinski definition) is 3. The van der Waals surface area contributed by atoms with E-state index in [1.807, 2.05) is 45.9 Å². The van der Waals surface area contributed by atoms with E-state index in [9.17, 15) is 25.3 Å². The maximum absolute atomic E-state index is 12.6. The third kappa shape index (κ3) is 21.2. The van der Waals surface area contributed by atoms with Crippen LogP contribution in [0.4, 0.5) is 0 Å². The maximum atomic E-state index is 12.6. The normalized spacial score (nSPS) is 32.1. The van der Waals surface area contributed by atoms with Crippen molar-refractivity contribution in [3.8, 4) is 0 Å². The first-order chi connectivity index (χ1) is 36.6. The second-order valence-electron chi connectivity index (χ2n) is 30.3. The SMILES string of the molecule is CC.CC.CC(C)(C)C.CC(C)(C)C.CC(C)(C)C.O=S(=O)(NC12CC3CC(CC(C3)C1)C2)c1ccccc1.O=S(=O)(NC12CC3CC(CC(C3)C1)C2)c1ccccc1.O=S(=O)(NC12CC3CC(CC(C3)C1)C2)c1ccccc1. The Hall–Kier alpha value is -2.61. The van der Waals surface area contributed by atoms with E-state index in [0.717, 1.165) is 111 Å². The van der Waals surface area contributed by atoms with Gasteiger partial charge in [-0.2, -0.15) is 0 Å². The minimum Gasteiger partial charge on any atom is -0.207 e. The van der Waals surface area contributed by atoms with E-state index in [1.54, 1.807) is 72.8 Å². The molecule has 3 N–H and O–H groups in total. The summed E-state index contributed by atoms with van der Waals surface area (Å²) in [6.45, 7) is 34.2. The second-order valence-corrected chi connectivity index (χ2v) is 35.4. The molecule has 0 amide bonds. The highest BCUT2D eigenvalue weighted by molar-refractivity contribution is 7.90. The zero-order valence-corrected chi connectivity index (χ0v) is 54.7. The number of nitrogens with one attached hydrogen (secondary N) is 3. The summed E-state index contributed by atoms with van der Waals surface area (Å²) in [6, 6.07) is 26.4. The summed E-state index contributed by atoms with van der Waals surface area (Å²) in [7, 11) is -10.1. The molecule has 0 spiro atoms. The van der Waals surface area contributed by atoms with Crippen LogP contribution >= 0.6 is 0 Å². The van der Waals surface area contributed by atoms with Crippen molar-refractivity contribution >= 4 is 30.1 Å². The Morgan fingerprint density at radius 2 is 0.418 bits per heavy atom. The third-order valence-corrected chi connectivity index (χ3v) is 21.1. The fourth-order valence-corrected chi connectivity index (χ4v) is 19.9. The van der Waals surface area contributed by atoms with Crippen LogP contribution < -0.4 is 14.2 Å². The summed E-state index contributed by atoms with van der Waals surface area (Å²) in [4.78, 5) is 1.20. The lowest BCUT2D eigenvalue weighted by Crippen LogP contribution is -2.59. The topological polar surface area (TPSA) is 139 Å². The van der Waals surface area contributed by atoms with Crippen LogP contribution in [0.25, 0.3) is 0 Å². The Bertz CT molecular complexity index is 2240. The molecule has 0 unspecified atom stereocenters. The summed E-state index contributed by atoms with van der Waals surface area (Å²) >= 11 is 0. The molecule has 448 valence electrons. The van der Waals surface area contributed by atoms with Crippen LogP contribution in [-0.4, -0.2) is 41.9 Å². The maximum Gasteiger partial charge on any atom is 0.241 e. The van der Waals surface area contributed by atoms with Gasteiger partial charge in [0, 0.05) is 16.6 Å². The Morgan fingerprint density at radius 3 is 0.544 bits per heavy atom. The van der Waals surface area contributed by atoms with E-state index in [0.29, 0.717) is 30.9 Å². The van der Waals surface area contributed by atoms with Crippen molar-refractivity contribution in [2.45, 2.75) is 258 Å². The van der Waals surface area contributed by atoms with Gasteiger partial charge in [-0.25, -0.2) is 39.4 Å². The molecule has 12 saturated carbocycles. The molecule has 12 heteroatoms. The number of rotatable bonds is 9. The monoisotopic (exact) mass is 1150 g/mol. The summed E-state index contributed by atoms with van der Waals surface area (Å²) in [6.07, 6.45) is 21.4. The number of sulfonamides is 3. The van der Waals surface area contributed by atoms with Gasteiger partial charge in [0.25, 0.3) is 0 Å². The Kier molecular flexibility index (Phi) is 23.3. The molecule has 12 bridgehead atoms. The van der Waals surface area contributed by atoms with Crippen LogP contribution in [0, 0.1) is 69.5 Å². The molecule has 12 fully saturated rings. The summed E-state index contributed by atoms with van der Waals surface area (Å²) in [5, 5.41) is 0. The highest BCUT2D eigenvalue weighted by Gasteiger charge is 2.55. The summed E-state index contributed by atoms with van der Waals surface area (Å²) < 4.78 is 84.9. The first kappa shape index (κ1) is 67.2. The van der Waals surface area contributed by atoms with Crippen molar-refractivity contribution in [3.05, 3.63) is 91.0 Å². The molecule has 15 rings (SSSR count). The Balaban J connectivity index is 0.000000188. The second kappa shape index (κ2) is 27.4. The van der Waals surface area contributed by atoms with Crippen LogP contribution in [0.5, 0.6) is 0 Å². The Morgan fingerprint density at radius 1 is 0.291 bits per heavy atom. The van der Waals surface area contributed by atoms with E-state index in [4.69, 9.17) is 0 Å². The standard InChI is InChI=1S/3C16H21NO2S.3C5H12.2C2H6/c3*18-20(19,15-4-2-1-3-5-15)17-16-9-12-6-13(10-16)8-14(7-12)11-16;3*1-5(2,3)4;2*1-2/h3*1-5,12-14,17H,6-11H2;3*1-4H3;2*1-2H3. The van der Waals surface area contributed by atoms with Crippen molar-refractivity contribution in [3.63, 3.8) is 0 Å². The molecule has 9 nitrogen and oxygen atoms in total. The zero-order chi connectivity index (χ0) is 58.9. The average molecular weight is 1150 g/mol. The fraction of sp³-hybridized carbons (Fsp3) is 0.731. The number of hydrogen-bond acceptors (Lipinski definition) is 6. The molecule has 0 saturated heterocycles. The molecule has 0 aliphatic heterocycles. The largest absolute Gasteiger partial charge is 0.241 e. The quantitative estimate of drug-likeness (QED) is 0.195. The van der Waals surface area contributed by atoms with Gasteiger partial charge in [-0.3, -0.25) is 0 Å². The molecule has 3 aromatic carbocycles. The summed E-state index contributed by atoms with van der Waals surface area (Å²) in [5.74, 6) is 6.75. The van der Waals surface area contributed by atoms with Crippen molar-refractivity contribution in [2.75, 3.05) is 0 Å². The molecular formula is C67H111N3O6S3. The molecule has 0 aromatic heterocycles. The van der Waals surface area contributed by atoms with Crippen LogP contribution in [0.2, 0.25) is 0 Å². The first-order valence-electron chi connectivity index (χ1n) is 30.9. The van der Waals surface area contributed by atoms with Crippen molar-refractivity contribution in [1.82, 2.24) is 14.2 Å².